The van der Waals surface area contributed by atoms with E-state index in [9.17, 15) is 22.0 Å². The summed E-state index contributed by atoms with van der Waals surface area (Å²) in [6.07, 6.45) is 0.406. The Labute approximate surface area is 198 Å². The predicted molar refractivity (Wildman–Crippen MR) is 122 cm³/mol. The quantitative estimate of drug-likeness (QED) is 0.599. The number of nitrogens with one attached hydrogen (secondary N) is 1. The summed E-state index contributed by atoms with van der Waals surface area (Å²) < 4.78 is 54.2. The normalized spacial score (nSPS) is 21.9. The van der Waals surface area contributed by atoms with Gasteiger partial charge in [-0.1, -0.05) is 36.2 Å². The van der Waals surface area contributed by atoms with Crippen LogP contribution in [0.3, 0.4) is 0 Å². The maximum atomic E-state index is 14.0. The van der Waals surface area contributed by atoms with Crippen molar-refractivity contribution in [2.24, 2.45) is 0 Å². The van der Waals surface area contributed by atoms with Gasteiger partial charge in [0.05, 0.1) is 21.4 Å². The smallest absolute Gasteiger partial charge is 0.254 e. The Hall–Kier alpha value is -1.00. The zero-order chi connectivity index (χ0) is 23.6. The molecule has 11 heteroatoms. The number of nitrogens with zero attached hydrogens (tertiary/aromatic N) is 2. The Kier molecular flexibility index (Phi) is 8.08. The second-order valence-electron chi connectivity index (χ2n) is 8.56. The van der Waals surface area contributed by atoms with Crippen LogP contribution in [0.1, 0.15) is 49.4 Å². The van der Waals surface area contributed by atoms with Gasteiger partial charge in [-0.25, -0.2) is 17.2 Å². The number of carbonyl (C=O) groups excluding carboxylic acids is 1. The number of amides is 1. The van der Waals surface area contributed by atoms with Gasteiger partial charge in [0, 0.05) is 51.1 Å². The fourth-order valence-electron chi connectivity index (χ4n) is 4.56. The van der Waals surface area contributed by atoms with Gasteiger partial charge in [-0.3, -0.25) is 9.69 Å². The third-order valence-electron chi connectivity index (χ3n) is 6.44. The first-order chi connectivity index (χ1) is 15.0. The van der Waals surface area contributed by atoms with Gasteiger partial charge in [-0.2, -0.15) is 4.31 Å². The van der Waals surface area contributed by atoms with Crippen LogP contribution in [0.2, 0.25) is 10.0 Å². The van der Waals surface area contributed by atoms with E-state index in [0.717, 1.165) is 0 Å². The van der Waals surface area contributed by atoms with E-state index in [0.29, 0.717) is 32.6 Å². The lowest BCUT2D eigenvalue weighted by molar-refractivity contribution is -0.0856. The largest absolute Gasteiger partial charge is 0.350 e. The maximum Gasteiger partial charge on any atom is 0.254 e. The van der Waals surface area contributed by atoms with Gasteiger partial charge >= 0.3 is 0 Å². The van der Waals surface area contributed by atoms with E-state index in [1.54, 1.807) is 18.2 Å². The molecular weight excluding hydrogens is 483 g/mol. The van der Waals surface area contributed by atoms with Crippen molar-refractivity contribution in [3.8, 4) is 0 Å². The highest BCUT2D eigenvalue weighted by atomic mass is 35.5. The lowest BCUT2D eigenvalue weighted by Gasteiger charge is -2.50. The molecule has 1 aromatic carbocycles. The molecule has 1 aliphatic carbocycles. The van der Waals surface area contributed by atoms with Gasteiger partial charge < -0.3 is 5.32 Å². The number of halogens is 4. The standard InChI is InChI=1S/C21H29Cl2F2N3O3S/c1-2-14-32(30,31)28-12-10-27(11-13-28)20(6-8-21(24,25)9-7-20)15-26-19(29)18-16(22)4-3-5-17(18)23/h3-5H,2,6-15H2,1H3,(H,26,29). The van der Waals surface area contributed by atoms with Gasteiger partial charge in [0.15, 0.2) is 0 Å². The van der Waals surface area contributed by atoms with E-state index in [1.807, 2.05) is 6.92 Å². The molecule has 1 N–H and O–H groups in total. The number of sulfonamides is 1. The van der Waals surface area contributed by atoms with E-state index >= 15 is 0 Å². The van der Waals surface area contributed by atoms with Crippen molar-refractivity contribution >= 4 is 39.1 Å². The first-order valence-corrected chi connectivity index (χ1v) is 13.2. The summed E-state index contributed by atoms with van der Waals surface area (Å²) in [5, 5.41) is 3.28. The molecule has 2 aliphatic rings. The predicted octanol–water partition coefficient (Wildman–Crippen LogP) is 4.03. The molecule has 1 aromatic rings. The third-order valence-corrected chi connectivity index (χ3v) is 9.15. The molecule has 2 fully saturated rings. The van der Waals surface area contributed by atoms with Crippen LogP contribution in [0, 0.1) is 0 Å². The van der Waals surface area contributed by atoms with Gasteiger partial charge in [-0.05, 0) is 31.4 Å². The van der Waals surface area contributed by atoms with Crippen LogP contribution >= 0.6 is 23.2 Å². The zero-order valence-electron chi connectivity index (χ0n) is 18.0. The van der Waals surface area contributed by atoms with Gasteiger partial charge in [0.25, 0.3) is 5.91 Å². The molecule has 0 aromatic heterocycles. The fourth-order valence-corrected chi connectivity index (χ4v) is 6.62. The highest BCUT2D eigenvalue weighted by molar-refractivity contribution is 7.89. The molecule has 0 bridgehead atoms. The Morgan fingerprint density at radius 2 is 1.62 bits per heavy atom. The minimum Gasteiger partial charge on any atom is -0.350 e. The number of hydrogen-bond acceptors (Lipinski definition) is 4. The second-order valence-corrected chi connectivity index (χ2v) is 11.5. The first-order valence-electron chi connectivity index (χ1n) is 10.8. The van der Waals surface area contributed by atoms with Crippen LogP contribution in [0.5, 0.6) is 0 Å². The van der Waals surface area contributed by atoms with Crippen LogP contribution < -0.4 is 5.32 Å². The molecule has 0 atom stereocenters. The van der Waals surface area contributed by atoms with E-state index in [4.69, 9.17) is 23.2 Å². The molecule has 1 amide bonds. The Morgan fingerprint density at radius 1 is 1.06 bits per heavy atom. The minimum atomic E-state index is -3.31. The Morgan fingerprint density at radius 3 is 2.16 bits per heavy atom. The van der Waals surface area contributed by atoms with Crippen molar-refractivity contribution in [1.82, 2.24) is 14.5 Å². The van der Waals surface area contributed by atoms with Gasteiger partial charge in [0.1, 0.15) is 0 Å². The molecule has 6 nitrogen and oxygen atoms in total. The molecule has 32 heavy (non-hydrogen) atoms. The lowest BCUT2D eigenvalue weighted by Crippen LogP contribution is -2.63. The van der Waals surface area contributed by atoms with Crippen molar-refractivity contribution in [2.75, 3.05) is 38.5 Å². The number of rotatable bonds is 7. The molecule has 0 unspecified atom stereocenters. The van der Waals surface area contributed by atoms with Crippen molar-refractivity contribution in [3.05, 3.63) is 33.8 Å². The third kappa shape index (κ3) is 5.73. The van der Waals surface area contributed by atoms with Crippen LogP contribution in [-0.4, -0.2) is 73.5 Å². The number of carbonyl (C=O) groups is 1. The van der Waals surface area contributed by atoms with Crippen molar-refractivity contribution in [3.63, 3.8) is 0 Å². The molecule has 0 radical (unpaired) electrons. The summed E-state index contributed by atoms with van der Waals surface area (Å²) in [5.74, 6) is -3.09. The molecular formula is C21H29Cl2F2N3O3S. The summed E-state index contributed by atoms with van der Waals surface area (Å²) in [5.41, 5.74) is -0.520. The van der Waals surface area contributed by atoms with Crippen LogP contribution in [0.15, 0.2) is 18.2 Å². The second kappa shape index (κ2) is 10.1. The minimum absolute atomic E-state index is 0.0962. The average Bonchev–Trinajstić information content (AvgIpc) is 2.73. The molecule has 3 rings (SSSR count). The van der Waals surface area contributed by atoms with Crippen molar-refractivity contribution < 1.29 is 22.0 Å². The number of benzene rings is 1. The summed E-state index contributed by atoms with van der Waals surface area (Å²) in [6.45, 7) is 3.45. The monoisotopic (exact) mass is 511 g/mol. The van der Waals surface area contributed by atoms with Crippen LogP contribution in [-0.2, 0) is 10.0 Å². The van der Waals surface area contributed by atoms with Crippen molar-refractivity contribution in [1.29, 1.82) is 0 Å². The van der Waals surface area contributed by atoms with Crippen LogP contribution in [0.4, 0.5) is 8.78 Å². The number of alkyl halides is 2. The summed E-state index contributed by atoms with van der Waals surface area (Å²) in [4.78, 5) is 14.9. The van der Waals surface area contributed by atoms with Gasteiger partial charge in [-0.15, -0.1) is 0 Å². The summed E-state index contributed by atoms with van der Waals surface area (Å²) >= 11 is 12.3. The van der Waals surface area contributed by atoms with Crippen molar-refractivity contribution in [2.45, 2.75) is 50.5 Å². The van der Waals surface area contributed by atoms with Gasteiger partial charge in [0.2, 0.25) is 15.9 Å². The maximum absolute atomic E-state index is 14.0. The van der Waals surface area contributed by atoms with Crippen LogP contribution in [0.25, 0.3) is 0 Å². The highest BCUT2D eigenvalue weighted by Gasteiger charge is 2.47. The summed E-state index contributed by atoms with van der Waals surface area (Å²) in [7, 11) is -3.31. The highest BCUT2D eigenvalue weighted by Crippen LogP contribution is 2.42. The number of hydrogen-bond donors (Lipinski definition) is 1. The molecule has 1 saturated carbocycles. The first kappa shape index (κ1) is 25.6. The van der Waals surface area contributed by atoms with E-state index in [1.165, 1.54) is 4.31 Å². The molecule has 1 saturated heterocycles. The zero-order valence-corrected chi connectivity index (χ0v) is 20.4. The summed E-state index contributed by atoms with van der Waals surface area (Å²) in [6, 6.07) is 4.77. The Bertz CT molecular complexity index is 908. The molecule has 0 spiro atoms. The molecule has 1 heterocycles. The number of piperazine rings is 1. The van der Waals surface area contributed by atoms with E-state index in [-0.39, 0.29) is 53.6 Å². The molecule has 180 valence electrons. The fraction of sp³-hybridized carbons (Fsp3) is 0.667. The lowest BCUT2D eigenvalue weighted by atomic mass is 9.78. The SMILES string of the molecule is CCCS(=O)(=O)N1CCN(C2(CNC(=O)c3c(Cl)cccc3Cl)CCC(F)(F)CC2)CC1. The Balaban J connectivity index is 1.74. The molecule has 1 aliphatic heterocycles. The topological polar surface area (TPSA) is 69.7 Å². The van der Waals surface area contributed by atoms with E-state index in [2.05, 4.69) is 10.2 Å². The average molecular weight is 512 g/mol. The van der Waals surface area contributed by atoms with E-state index < -0.39 is 27.4 Å².